The van der Waals surface area contributed by atoms with Crippen LogP contribution in [0.15, 0.2) is 80.2 Å². The lowest BCUT2D eigenvalue weighted by Gasteiger charge is -2.24. The van der Waals surface area contributed by atoms with Gasteiger partial charge in [-0.1, -0.05) is 58.0 Å². The van der Waals surface area contributed by atoms with Crippen molar-refractivity contribution in [1.29, 1.82) is 5.41 Å². The van der Waals surface area contributed by atoms with Gasteiger partial charge in [-0.05, 0) is 42.7 Å². The second-order valence-electron chi connectivity index (χ2n) is 6.61. The summed E-state index contributed by atoms with van der Waals surface area (Å²) in [6.45, 7) is 0.950. The highest BCUT2D eigenvalue weighted by molar-refractivity contribution is 9.10. The number of benzene rings is 2. The summed E-state index contributed by atoms with van der Waals surface area (Å²) in [6, 6.07) is 18.4. The third-order valence-corrected chi connectivity index (χ3v) is 6.44. The Morgan fingerprint density at radius 1 is 1.04 bits per heavy atom. The van der Waals surface area contributed by atoms with Crippen molar-refractivity contribution in [2.75, 3.05) is 11.6 Å². The third kappa shape index (κ3) is 2.84. The maximum absolute atomic E-state index is 8.80. The molecule has 5 rings (SSSR count). The summed E-state index contributed by atoms with van der Waals surface area (Å²) in [5, 5.41) is 18.7. The monoisotopic (exact) mass is 436 g/mol. The summed E-state index contributed by atoms with van der Waals surface area (Å²) in [6.07, 6.45) is 1.92. The van der Waals surface area contributed by atoms with Crippen LogP contribution in [-0.2, 0) is 0 Å². The van der Waals surface area contributed by atoms with Gasteiger partial charge in [-0.15, -0.1) is 0 Å². The molecule has 1 N–H and O–H groups in total. The molecule has 0 radical (unpaired) electrons. The van der Waals surface area contributed by atoms with Gasteiger partial charge in [0.25, 0.3) is 0 Å². The van der Waals surface area contributed by atoms with Crippen LogP contribution in [0.25, 0.3) is 5.70 Å². The van der Waals surface area contributed by atoms with E-state index in [4.69, 9.17) is 10.5 Å². The molecule has 4 nitrogen and oxygen atoms in total. The largest absolute Gasteiger partial charge is 0.334 e. The molecular formula is C21H17BrN4S. The summed E-state index contributed by atoms with van der Waals surface area (Å²) in [7, 11) is 0. The first-order valence-electron chi connectivity index (χ1n) is 8.89. The zero-order valence-electron chi connectivity index (χ0n) is 14.5. The van der Waals surface area contributed by atoms with Crippen LogP contribution in [0, 0.1) is 5.41 Å². The minimum atomic E-state index is 0.469. The van der Waals surface area contributed by atoms with Gasteiger partial charge in [0, 0.05) is 16.4 Å². The number of hydrazone groups is 1. The highest BCUT2D eigenvalue weighted by atomic mass is 79.9. The van der Waals surface area contributed by atoms with Gasteiger partial charge in [0.2, 0.25) is 0 Å². The van der Waals surface area contributed by atoms with Crippen LogP contribution in [0.3, 0.4) is 0 Å². The van der Waals surface area contributed by atoms with Crippen molar-refractivity contribution < 1.29 is 0 Å². The first-order chi connectivity index (χ1) is 13.2. The lowest BCUT2D eigenvalue weighted by Crippen LogP contribution is -2.24. The fourth-order valence-electron chi connectivity index (χ4n) is 3.63. The number of fused-ring (bicyclic) bond motifs is 2. The molecule has 0 spiro atoms. The number of amidine groups is 1. The number of thioether (sulfide) groups is 1. The van der Waals surface area contributed by atoms with Gasteiger partial charge in [-0.3, -0.25) is 5.41 Å². The molecule has 0 aromatic heterocycles. The number of rotatable bonds is 2. The first-order valence-corrected chi connectivity index (χ1v) is 10.6. The average molecular weight is 437 g/mol. The van der Waals surface area contributed by atoms with Crippen molar-refractivity contribution in [3.8, 4) is 0 Å². The van der Waals surface area contributed by atoms with Crippen LogP contribution in [0.5, 0.6) is 0 Å². The number of hydrogen-bond acceptors (Lipinski definition) is 4. The van der Waals surface area contributed by atoms with Crippen molar-refractivity contribution >= 4 is 50.6 Å². The van der Waals surface area contributed by atoms with E-state index >= 15 is 0 Å². The highest BCUT2D eigenvalue weighted by Gasteiger charge is 2.37. The van der Waals surface area contributed by atoms with Gasteiger partial charge in [-0.2, -0.15) is 5.10 Å². The Kier molecular flexibility index (Phi) is 4.17. The van der Waals surface area contributed by atoms with Crippen LogP contribution in [0.4, 0.5) is 5.69 Å². The van der Waals surface area contributed by atoms with Gasteiger partial charge >= 0.3 is 0 Å². The molecule has 2 aromatic carbocycles. The minimum absolute atomic E-state index is 0.469. The maximum Gasteiger partial charge on any atom is 0.158 e. The topological polar surface area (TPSA) is 42.7 Å². The molecule has 6 heteroatoms. The Hall–Kier alpha value is -2.31. The molecule has 3 heterocycles. The molecule has 0 aliphatic carbocycles. The van der Waals surface area contributed by atoms with Gasteiger partial charge in [0.15, 0.2) is 5.84 Å². The van der Waals surface area contributed by atoms with E-state index < -0.39 is 0 Å². The maximum atomic E-state index is 8.80. The number of halogens is 1. The fraction of sp³-hybridized carbons (Fsp3) is 0.143. The quantitative estimate of drug-likeness (QED) is 0.660. The summed E-state index contributed by atoms with van der Waals surface area (Å²) < 4.78 is 1.08. The van der Waals surface area contributed by atoms with Crippen LogP contribution >= 0.6 is 27.7 Å². The van der Waals surface area contributed by atoms with Crippen LogP contribution in [-0.4, -0.2) is 23.0 Å². The van der Waals surface area contributed by atoms with Gasteiger partial charge < -0.3 is 4.90 Å². The lowest BCUT2D eigenvalue weighted by atomic mass is 10.1. The molecule has 0 saturated heterocycles. The Morgan fingerprint density at radius 3 is 2.59 bits per heavy atom. The number of anilines is 1. The van der Waals surface area contributed by atoms with E-state index in [-0.39, 0.29) is 0 Å². The van der Waals surface area contributed by atoms with E-state index in [0.717, 1.165) is 45.9 Å². The second kappa shape index (κ2) is 6.69. The number of nitrogens with zero attached hydrogens (tertiary/aromatic N) is 3. The third-order valence-electron chi connectivity index (χ3n) is 4.93. The number of nitrogens with one attached hydrogen (secondary N) is 1. The molecule has 0 fully saturated rings. The van der Waals surface area contributed by atoms with Crippen molar-refractivity contribution in [1.82, 2.24) is 4.90 Å². The molecule has 0 unspecified atom stereocenters. The van der Waals surface area contributed by atoms with E-state index in [0.29, 0.717) is 5.84 Å². The zero-order valence-corrected chi connectivity index (χ0v) is 16.9. The summed E-state index contributed by atoms with van der Waals surface area (Å²) >= 11 is 5.22. The SMILES string of the molecule is N=C1C2=C3SC=C(c4ccc(Br)cc4)N3CCCC2=NN1c1ccccc1. The lowest BCUT2D eigenvalue weighted by molar-refractivity contribution is 0.516. The Labute approximate surface area is 170 Å². The normalized spacial score (nSPS) is 18.9. The van der Waals surface area contributed by atoms with Crippen LogP contribution < -0.4 is 5.01 Å². The Balaban J connectivity index is 1.54. The smallest absolute Gasteiger partial charge is 0.158 e. The number of para-hydroxylation sites is 1. The predicted molar refractivity (Wildman–Crippen MR) is 117 cm³/mol. The molecular weight excluding hydrogens is 420 g/mol. The van der Waals surface area contributed by atoms with Crippen molar-refractivity contribution in [2.45, 2.75) is 12.8 Å². The molecule has 2 aromatic rings. The molecule has 0 atom stereocenters. The highest BCUT2D eigenvalue weighted by Crippen LogP contribution is 2.45. The van der Waals surface area contributed by atoms with Gasteiger partial charge in [0.05, 0.1) is 27.7 Å². The average Bonchev–Trinajstić information content (AvgIpc) is 3.19. The Morgan fingerprint density at radius 2 is 1.81 bits per heavy atom. The summed E-state index contributed by atoms with van der Waals surface area (Å²) in [4.78, 5) is 2.36. The predicted octanol–water partition coefficient (Wildman–Crippen LogP) is 5.66. The van der Waals surface area contributed by atoms with E-state index in [1.165, 1.54) is 11.3 Å². The van der Waals surface area contributed by atoms with Crippen LogP contribution in [0.1, 0.15) is 18.4 Å². The first kappa shape index (κ1) is 16.8. The van der Waals surface area contributed by atoms with E-state index in [1.54, 1.807) is 16.8 Å². The van der Waals surface area contributed by atoms with Crippen molar-refractivity contribution in [3.63, 3.8) is 0 Å². The van der Waals surface area contributed by atoms with Crippen molar-refractivity contribution in [2.24, 2.45) is 5.10 Å². The molecule has 0 amide bonds. The van der Waals surface area contributed by atoms with Gasteiger partial charge in [0.1, 0.15) is 0 Å². The summed E-state index contributed by atoms with van der Waals surface area (Å²) in [5.74, 6) is 0.469. The molecule has 134 valence electrons. The van der Waals surface area contributed by atoms with Crippen LogP contribution in [0.2, 0.25) is 0 Å². The molecule has 27 heavy (non-hydrogen) atoms. The Bertz CT molecular complexity index is 1010. The molecule has 3 aliphatic rings. The van der Waals surface area contributed by atoms with E-state index in [1.807, 2.05) is 30.3 Å². The standard InChI is InChI=1S/C21H17BrN4S/c22-15-10-8-14(9-11-15)18-13-27-21-19-17(7-4-12-25(18)21)24-26(20(19)23)16-5-2-1-3-6-16/h1-3,5-6,8-11,13,23H,4,7,12H2. The fourth-order valence-corrected chi connectivity index (χ4v) is 5.03. The summed E-state index contributed by atoms with van der Waals surface area (Å²) in [5.41, 5.74) is 5.35. The zero-order chi connectivity index (χ0) is 18.4. The molecule has 3 aliphatic heterocycles. The molecule has 0 saturated carbocycles. The minimum Gasteiger partial charge on any atom is -0.334 e. The van der Waals surface area contributed by atoms with E-state index in [2.05, 4.69) is 50.5 Å². The van der Waals surface area contributed by atoms with Crippen molar-refractivity contribution in [3.05, 3.63) is 80.6 Å². The second-order valence-corrected chi connectivity index (χ2v) is 8.38. The van der Waals surface area contributed by atoms with E-state index in [9.17, 15) is 0 Å². The number of hydrogen-bond donors (Lipinski definition) is 1. The molecule has 0 bridgehead atoms. The van der Waals surface area contributed by atoms with Gasteiger partial charge in [-0.25, -0.2) is 5.01 Å².